The van der Waals surface area contributed by atoms with Crippen molar-refractivity contribution in [2.24, 2.45) is 0 Å². The van der Waals surface area contributed by atoms with E-state index in [0.29, 0.717) is 6.42 Å². The smallest absolute Gasteiger partial charge is 0.219 e. The highest BCUT2D eigenvalue weighted by molar-refractivity contribution is 7.99. The molecule has 1 atom stereocenters. The van der Waals surface area contributed by atoms with E-state index in [4.69, 9.17) is 0 Å². The summed E-state index contributed by atoms with van der Waals surface area (Å²) in [6.45, 7) is 6.18. The minimum absolute atomic E-state index is 0.121. The third-order valence-corrected chi connectivity index (χ3v) is 5.00. The summed E-state index contributed by atoms with van der Waals surface area (Å²) >= 11 is 1.92. The van der Waals surface area contributed by atoms with Crippen LogP contribution in [0, 0.1) is 0 Å². The van der Waals surface area contributed by atoms with Gasteiger partial charge in [-0.15, -0.1) is 11.8 Å². The van der Waals surface area contributed by atoms with Crippen molar-refractivity contribution in [2.45, 2.75) is 51.0 Å². The van der Waals surface area contributed by atoms with Gasteiger partial charge in [-0.25, -0.2) is 0 Å². The maximum Gasteiger partial charge on any atom is 0.219 e. The molecule has 3 heteroatoms. The Bertz CT molecular complexity index is 638. The Labute approximate surface area is 137 Å². The molecule has 2 nitrogen and oxygen atoms in total. The summed E-state index contributed by atoms with van der Waals surface area (Å²) in [4.78, 5) is 13.0. The van der Waals surface area contributed by atoms with Crippen LogP contribution in [0.1, 0.15) is 39.2 Å². The number of amides is 1. The van der Waals surface area contributed by atoms with Crippen LogP contribution in [0.3, 0.4) is 0 Å². The summed E-state index contributed by atoms with van der Waals surface area (Å²) in [5, 5.41) is 5.66. The van der Waals surface area contributed by atoms with E-state index in [1.807, 2.05) is 18.7 Å². The lowest BCUT2D eigenvalue weighted by Crippen LogP contribution is -2.33. The molecule has 1 unspecified atom stereocenters. The average molecular weight is 315 g/mol. The van der Waals surface area contributed by atoms with Gasteiger partial charge < -0.3 is 5.32 Å². The quantitative estimate of drug-likeness (QED) is 0.744. The molecule has 0 fully saturated rings. The highest BCUT2D eigenvalue weighted by Gasteiger charge is 2.13. The highest BCUT2D eigenvalue weighted by atomic mass is 32.2. The van der Waals surface area contributed by atoms with Gasteiger partial charge in [0.05, 0.1) is 0 Å². The summed E-state index contributed by atoms with van der Waals surface area (Å²) in [6, 6.07) is 13.1. The van der Waals surface area contributed by atoms with E-state index in [-0.39, 0.29) is 11.9 Å². The molecule has 22 heavy (non-hydrogen) atoms. The van der Waals surface area contributed by atoms with Crippen LogP contribution in [0.15, 0.2) is 41.3 Å². The molecular weight excluding hydrogens is 290 g/mol. The van der Waals surface area contributed by atoms with E-state index < -0.39 is 0 Å². The molecule has 1 N–H and O–H groups in total. The van der Waals surface area contributed by atoms with E-state index >= 15 is 0 Å². The summed E-state index contributed by atoms with van der Waals surface area (Å²) in [7, 11) is 0. The maximum atomic E-state index is 11.6. The zero-order chi connectivity index (χ0) is 15.9. The van der Waals surface area contributed by atoms with Gasteiger partial charge in [0.25, 0.3) is 0 Å². The molecule has 0 heterocycles. The summed E-state index contributed by atoms with van der Waals surface area (Å²) in [5.74, 6) is 1.25. The molecule has 1 amide bonds. The van der Waals surface area contributed by atoms with Crippen LogP contribution in [0.4, 0.5) is 0 Å². The lowest BCUT2D eigenvalue weighted by atomic mass is 9.99. The van der Waals surface area contributed by atoms with Crippen LogP contribution in [-0.4, -0.2) is 17.7 Å². The molecule has 118 valence electrons. The first-order valence-corrected chi connectivity index (χ1v) is 9.07. The van der Waals surface area contributed by atoms with Gasteiger partial charge >= 0.3 is 0 Å². The minimum Gasteiger partial charge on any atom is -0.353 e. The van der Waals surface area contributed by atoms with Crippen molar-refractivity contribution in [3.05, 3.63) is 42.0 Å². The number of carbonyl (C=O) groups is 1. The first kappa shape index (κ1) is 16.9. The number of benzene rings is 2. The third kappa shape index (κ3) is 4.26. The summed E-state index contributed by atoms with van der Waals surface area (Å²) in [6.07, 6.45) is 2.58. The normalized spacial score (nSPS) is 12.3. The van der Waals surface area contributed by atoms with Gasteiger partial charge in [-0.05, 0) is 47.9 Å². The molecule has 0 aliphatic carbocycles. The number of hydrogen-bond donors (Lipinski definition) is 1. The van der Waals surface area contributed by atoms with E-state index in [9.17, 15) is 4.79 Å². The van der Waals surface area contributed by atoms with Crippen molar-refractivity contribution in [1.29, 1.82) is 0 Å². The maximum absolute atomic E-state index is 11.6. The average Bonchev–Trinajstić information content (AvgIpc) is 2.53. The second-order valence-electron chi connectivity index (χ2n) is 5.64. The zero-order valence-electron chi connectivity index (χ0n) is 13.7. The molecule has 0 spiro atoms. The number of nitrogens with one attached hydrogen (secondary N) is 1. The standard InChI is InChI=1S/C19H25NOS/c1-4-12-22-18-11-10-15-8-6-7-9-16(15)17(18)13-14(3)20-19(21)5-2/h6-11,14H,4-5,12-13H2,1-3H3,(H,20,21). The van der Waals surface area contributed by atoms with Crippen LogP contribution in [0.2, 0.25) is 0 Å². The minimum atomic E-state index is 0.121. The Hall–Kier alpha value is -1.48. The van der Waals surface area contributed by atoms with Gasteiger partial charge in [-0.3, -0.25) is 4.79 Å². The number of thioether (sulfide) groups is 1. The van der Waals surface area contributed by atoms with Gasteiger partial charge in [0, 0.05) is 17.4 Å². The molecule has 0 bridgehead atoms. The van der Waals surface area contributed by atoms with Gasteiger partial charge in [0.1, 0.15) is 0 Å². The summed E-state index contributed by atoms with van der Waals surface area (Å²) < 4.78 is 0. The molecule has 2 rings (SSSR count). The first-order chi connectivity index (χ1) is 10.7. The van der Waals surface area contributed by atoms with Crippen molar-refractivity contribution in [1.82, 2.24) is 5.32 Å². The molecule has 0 aliphatic rings. The van der Waals surface area contributed by atoms with Crippen molar-refractivity contribution in [3.63, 3.8) is 0 Å². The fourth-order valence-corrected chi connectivity index (χ4v) is 3.56. The van der Waals surface area contributed by atoms with Gasteiger partial charge in [0.15, 0.2) is 0 Å². The fourth-order valence-electron chi connectivity index (χ4n) is 2.61. The van der Waals surface area contributed by atoms with Crippen LogP contribution in [-0.2, 0) is 11.2 Å². The molecule has 2 aromatic rings. The number of rotatable bonds is 7. The number of carbonyl (C=O) groups excluding carboxylic acids is 1. The van der Waals surface area contributed by atoms with E-state index in [1.54, 1.807) is 0 Å². The lowest BCUT2D eigenvalue weighted by molar-refractivity contribution is -0.121. The van der Waals surface area contributed by atoms with Crippen LogP contribution in [0.25, 0.3) is 10.8 Å². The van der Waals surface area contributed by atoms with Gasteiger partial charge in [-0.2, -0.15) is 0 Å². The molecule has 0 aliphatic heterocycles. The molecular formula is C19H25NOS. The van der Waals surface area contributed by atoms with Crippen LogP contribution in [0.5, 0.6) is 0 Å². The van der Waals surface area contributed by atoms with Crippen LogP contribution < -0.4 is 5.32 Å². The second-order valence-corrected chi connectivity index (χ2v) is 6.77. The zero-order valence-corrected chi connectivity index (χ0v) is 14.5. The van der Waals surface area contributed by atoms with Crippen molar-refractivity contribution in [2.75, 3.05) is 5.75 Å². The molecule has 2 aromatic carbocycles. The van der Waals surface area contributed by atoms with E-state index in [2.05, 4.69) is 55.6 Å². The predicted octanol–water partition coefficient (Wildman–Crippen LogP) is 4.80. The largest absolute Gasteiger partial charge is 0.353 e. The van der Waals surface area contributed by atoms with E-state index in [1.165, 1.54) is 27.7 Å². The Morgan fingerprint density at radius 2 is 1.95 bits per heavy atom. The Balaban J connectivity index is 2.32. The SMILES string of the molecule is CCCSc1ccc2ccccc2c1CC(C)NC(=O)CC. The molecule has 0 saturated heterocycles. The Morgan fingerprint density at radius 3 is 2.68 bits per heavy atom. The molecule has 0 aromatic heterocycles. The van der Waals surface area contributed by atoms with Gasteiger partial charge in [-0.1, -0.05) is 44.2 Å². The van der Waals surface area contributed by atoms with Crippen molar-refractivity contribution in [3.8, 4) is 0 Å². The molecule has 0 radical (unpaired) electrons. The topological polar surface area (TPSA) is 29.1 Å². The first-order valence-electron chi connectivity index (χ1n) is 8.08. The summed E-state index contributed by atoms with van der Waals surface area (Å²) in [5.41, 5.74) is 1.36. The Kier molecular flexibility index (Phi) is 6.32. The van der Waals surface area contributed by atoms with Crippen LogP contribution >= 0.6 is 11.8 Å². The highest BCUT2D eigenvalue weighted by Crippen LogP contribution is 2.31. The van der Waals surface area contributed by atoms with Crippen molar-refractivity contribution >= 4 is 28.4 Å². The molecule has 0 saturated carbocycles. The number of fused-ring (bicyclic) bond motifs is 1. The lowest BCUT2D eigenvalue weighted by Gasteiger charge is -2.18. The fraction of sp³-hybridized carbons (Fsp3) is 0.421. The number of hydrogen-bond acceptors (Lipinski definition) is 2. The Morgan fingerprint density at radius 1 is 1.18 bits per heavy atom. The van der Waals surface area contributed by atoms with E-state index in [0.717, 1.165) is 12.2 Å². The third-order valence-electron chi connectivity index (χ3n) is 3.70. The van der Waals surface area contributed by atoms with Crippen molar-refractivity contribution < 1.29 is 4.79 Å². The predicted molar refractivity (Wildman–Crippen MR) is 96.6 cm³/mol. The van der Waals surface area contributed by atoms with Gasteiger partial charge in [0.2, 0.25) is 5.91 Å². The monoisotopic (exact) mass is 315 g/mol. The second kappa shape index (κ2) is 8.23.